The number of amides is 1. The second-order valence-electron chi connectivity index (χ2n) is 6.49. The Bertz CT molecular complexity index is 966. The molecule has 1 heterocycles. The van der Waals surface area contributed by atoms with Crippen LogP contribution in [0.1, 0.15) is 12.8 Å². The molecule has 9 heteroatoms. The van der Waals surface area contributed by atoms with Crippen LogP contribution in [0.5, 0.6) is 5.75 Å². The summed E-state index contributed by atoms with van der Waals surface area (Å²) in [4.78, 5) is 12.9. The Kier molecular flexibility index (Phi) is 6.65. The second kappa shape index (κ2) is 8.82. The van der Waals surface area contributed by atoms with Crippen LogP contribution in [0.25, 0.3) is 0 Å². The fourth-order valence-corrected chi connectivity index (χ4v) is 5.16. The molecule has 1 atom stereocenters. The number of carbonyl (C=O) groups excluding carboxylic acids is 1. The van der Waals surface area contributed by atoms with Crippen molar-refractivity contribution in [3.05, 3.63) is 52.0 Å². The highest BCUT2D eigenvalue weighted by Crippen LogP contribution is 2.29. The van der Waals surface area contributed by atoms with E-state index in [1.807, 2.05) is 0 Å². The molecule has 1 N–H and O–H groups in total. The van der Waals surface area contributed by atoms with Crippen LogP contribution >= 0.6 is 27.5 Å². The number of piperidine rings is 1. The molecule has 1 aliphatic heterocycles. The maximum atomic E-state index is 12.9. The molecule has 28 heavy (non-hydrogen) atoms. The molecule has 1 saturated heterocycles. The van der Waals surface area contributed by atoms with Crippen molar-refractivity contribution in [1.29, 1.82) is 0 Å². The van der Waals surface area contributed by atoms with Gasteiger partial charge in [0.2, 0.25) is 15.9 Å². The second-order valence-corrected chi connectivity index (χ2v) is 9.76. The van der Waals surface area contributed by atoms with Crippen molar-refractivity contribution < 1.29 is 17.9 Å². The molecule has 1 amide bonds. The first-order valence-electron chi connectivity index (χ1n) is 8.71. The molecule has 0 aromatic heterocycles. The predicted molar refractivity (Wildman–Crippen MR) is 112 cm³/mol. The lowest BCUT2D eigenvalue weighted by Gasteiger charge is -2.31. The highest BCUT2D eigenvalue weighted by atomic mass is 79.9. The molecular weight excluding hydrogens is 468 g/mol. The number of sulfonamides is 1. The SMILES string of the molecule is COc1ccc(NC(=O)[C@H]2CCCN(S(=O)(=O)c3ccc(Br)cc3)C2)cc1Cl. The van der Waals surface area contributed by atoms with E-state index in [9.17, 15) is 13.2 Å². The van der Waals surface area contributed by atoms with Gasteiger partial charge in [-0.3, -0.25) is 4.79 Å². The molecule has 1 aliphatic rings. The summed E-state index contributed by atoms with van der Waals surface area (Å²) in [5.74, 6) is -0.138. The standard InChI is InChI=1S/C19H20BrClN2O4S/c1-27-18-9-6-15(11-17(18)21)22-19(24)13-3-2-10-23(12-13)28(25,26)16-7-4-14(20)5-8-16/h4-9,11,13H,2-3,10,12H2,1H3,(H,22,24)/t13-/m0/s1. The van der Waals surface area contributed by atoms with Gasteiger partial charge in [-0.15, -0.1) is 0 Å². The van der Waals surface area contributed by atoms with Crippen molar-refractivity contribution >= 4 is 49.1 Å². The Balaban J connectivity index is 1.71. The summed E-state index contributed by atoms with van der Waals surface area (Å²) in [6.07, 6.45) is 1.25. The molecule has 0 unspecified atom stereocenters. The van der Waals surface area contributed by atoms with Crippen LogP contribution in [0.15, 0.2) is 51.8 Å². The lowest BCUT2D eigenvalue weighted by Crippen LogP contribution is -2.43. The smallest absolute Gasteiger partial charge is 0.243 e. The minimum absolute atomic E-state index is 0.147. The largest absolute Gasteiger partial charge is 0.495 e. The maximum Gasteiger partial charge on any atom is 0.243 e. The van der Waals surface area contributed by atoms with Crippen LogP contribution < -0.4 is 10.1 Å². The van der Waals surface area contributed by atoms with Crippen molar-refractivity contribution in [3.63, 3.8) is 0 Å². The summed E-state index contributed by atoms with van der Waals surface area (Å²) in [7, 11) is -2.12. The molecular formula is C19H20BrClN2O4S. The Morgan fingerprint density at radius 2 is 1.96 bits per heavy atom. The first-order chi connectivity index (χ1) is 13.3. The summed E-state index contributed by atoms with van der Waals surface area (Å²) >= 11 is 9.40. The Morgan fingerprint density at radius 1 is 1.25 bits per heavy atom. The molecule has 150 valence electrons. The summed E-state index contributed by atoms with van der Waals surface area (Å²) in [5, 5.41) is 3.21. The number of carbonyl (C=O) groups is 1. The number of halogens is 2. The van der Waals surface area contributed by atoms with E-state index in [0.717, 1.165) is 4.47 Å². The summed E-state index contributed by atoms with van der Waals surface area (Å²) in [6.45, 7) is 0.546. The third-order valence-electron chi connectivity index (χ3n) is 4.63. The van der Waals surface area contributed by atoms with Gasteiger partial charge in [-0.1, -0.05) is 27.5 Å². The third kappa shape index (κ3) is 4.68. The van der Waals surface area contributed by atoms with E-state index in [-0.39, 0.29) is 17.3 Å². The number of rotatable bonds is 5. The third-order valence-corrected chi connectivity index (χ3v) is 7.33. The van der Waals surface area contributed by atoms with Gasteiger partial charge in [0.05, 0.1) is 22.9 Å². The first-order valence-corrected chi connectivity index (χ1v) is 11.3. The van der Waals surface area contributed by atoms with Crippen molar-refractivity contribution in [2.45, 2.75) is 17.7 Å². The predicted octanol–water partition coefficient (Wildman–Crippen LogP) is 4.15. The topological polar surface area (TPSA) is 75.7 Å². The zero-order valence-corrected chi connectivity index (χ0v) is 18.4. The summed E-state index contributed by atoms with van der Waals surface area (Å²) in [5.41, 5.74) is 0.545. The molecule has 2 aromatic rings. The van der Waals surface area contributed by atoms with Gasteiger partial charge in [-0.2, -0.15) is 4.31 Å². The molecule has 0 radical (unpaired) electrons. The number of hydrogen-bond acceptors (Lipinski definition) is 4. The monoisotopic (exact) mass is 486 g/mol. The Labute approximate surface area is 178 Å². The molecule has 2 aromatic carbocycles. The molecule has 0 aliphatic carbocycles. The van der Waals surface area contributed by atoms with Gasteiger partial charge in [-0.05, 0) is 55.3 Å². The van der Waals surface area contributed by atoms with Crippen molar-refractivity contribution in [2.24, 2.45) is 5.92 Å². The highest BCUT2D eigenvalue weighted by molar-refractivity contribution is 9.10. The normalized spacial score (nSPS) is 17.9. The number of methoxy groups -OCH3 is 1. The van der Waals surface area contributed by atoms with Crippen LogP contribution in [0.3, 0.4) is 0 Å². The van der Waals surface area contributed by atoms with E-state index in [2.05, 4.69) is 21.2 Å². The van der Waals surface area contributed by atoms with Crippen molar-refractivity contribution in [3.8, 4) is 5.75 Å². The fourth-order valence-electron chi connectivity index (χ4n) is 3.12. The number of nitrogens with one attached hydrogen (secondary N) is 1. The van der Waals surface area contributed by atoms with Gasteiger partial charge >= 0.3 is 0 Å². The van der Waals surface area contributed by atoms with Gasteiger partial charge in [0, 0.05) is 23.2 Å². The zero-order chi connectivity index (χ0) is 20.3. The first kappa shape index (κ1) is 21.1. The number of hydrogen-bond donors (Lipinski definition) is 1. The Hall–Kier alpha value is -1.61. The van der Waals surface area contributed by atoms with Gasteiger partial charge in [0.1, 0.15) is 5.75 Å². The lowest BCUT2D eigenvalue weighted by molar-refractivity contribution is -0.120. The summed E-state index contributed by atoms with van der Waals surface area (Å²) in [6, 6.07) is 11.5. The van der Waals surface area contributed by atoms with Crippen LogP contribution in [0.2, 0.25) is 5.02 Å². The average Bonchev–Trinajstić information content (AvgIpc) is 2.68. The quantitative estimate of drug-likeness (QED) is 0.687. The van der Waals surface area contributed by atoms with Crippen molar-refractivity contribution in [2.75, 3.05) is 25.5 Å². The van der Waals surface area contributed by atoms with Crippen LogP contribution in [0.4, 0.5) is 5.69 Å². The van der Waals surface area contributed by atoms with E-state index in [1.165, 1.54) is 11.4 Å². The summed E-state index contributed by atoms with van der Waals surface area (Å²) < 4.78 is 33.1. The number of anilines is 1. The van der Waals surface area contributed by atoms with E-state index in [1.54, 1.807) is 42.5 Å². The van der Waals surface area contributed by atoms with E-state index >= 15 is 0 Å². The molecule has 0 bridgehead atoms. The van der Waals surface area contributed by atoms with Gasteiger partial charge in [0.25, 0.3) is 0 Å². The van der Waals surface area contributed by atoms with E-state index < -0.39 is 15.9 Å². The van der Waals surface area contributed by atoms with Crippen LogP contribution in [0, 0.1) is 5.92 Å². The molecule has 3 rings (SSSR count). The number of ether oxygens (including phenoxy) is 1. The van der Waals surface area contributed by atoms with Crippen LogP contribution in [-0.2, 0) is 14.8 Å². The molecule has 0 saturated carbocycles. The van der Waals surface area contributed by atoms with Gasteiger partial charge < -0.3 is 10.1 Å². The molecule has 6 nitrogen and oxygen atoms in total. The fraction of sp³-hybridized carbons (Fsp3) is 0.316. The highest BCUT2D eigenvalue weighted by Gasteiger charge is 2.33. The minimum Gasteiger partial charge on any atom is -0.495 e. The van der Waals surface area contributed by atoms with Gasteiger partial charge in [0.15, 0.2) is 0 Å². The minimum atomic E-state index is -3.64. The number of nitrogens with zero attached hydrogens (tertiary/aromatic N) is 1. The zero-order valence-electron chi connectivity index (χ0n) is 15.2. The Morgan fingerprint density at radius 3 is 2.61 bits per heavy atom. The molecule has 0 spiro atoms. The van der Waals surface area contributed by atoms with Crippen LogP contribution in [-0.4, -0.2) is 38.8 Å². The number of benzene rings is 2. The molecule has 1 fully saturated rings. The van der Waals surface area contributed by atoms with Gasteiger partial charge in [-0.25, -0.2) is 8.42 Å². The van der Waals surface area contributed by atoms with E-state index in [0.29, 0.717) is 35.8 Å². The maximum absolute atomic E-state index is 12.9. The van der Waals surface area contributed by atoms with Crippen molar-refractivity contribution in [1.82, 2.24) is 4.31 Å². The lowest BCUT2D eigenvalue weighted by atomic mass is 9.98. The van der Waals surface area contributed by atoms with E-state index in [4.69, 9.17) is 16.3 Å². The average molecular weight is 488 g/mol.